The Morgan fingerprint density at radius 2 is 2.42 bits per heavy atom. The number of nitrogens with zero attached hydrogens (tertiary/aromatic N) is 2. The minimum absolute atomic E-state index is 0.315. The molecule has 1 aromatic rings. The third-order valence-electron chi connectivity index (χ3n) is 2.44. The molecule has 2 unspecified atom stereocenters. The number of hydrogen-bond acceptors (Lipinski definition) is 4. The zero-order chi connectivity index (χ0) is 8.39. The van der Waals surface area contributed by atoms with Crippen molar-refractivity contribution >= 4 is 0 Å². The lowest BCUT2D eigenvalue weighted by Crippen LogP contribution is -2.26. The SMILES string of the molecule is NC1CCCC(c2ncno2)C1. The van der Waals surface area contributed by atoms with E-state index in [-0.39, 0.29) is 0 Å². The molecule has 1 aromatic heterocycles. The summed E-state index contributed by atoms with van der Waals surface area (Å²) in [6, 6.07) is 0.315. The van der Waals surface area contributed by atoms with Crippen molar-refractivity contribution in [1.29, 1.82) is 0 Å². The van der Waals surface area contributed by atoms with Gasteiger partial charge in [0.15, 0.2) is 6.33 Å². The van der Waals surface area contributed by atoms with Crippen LogP contribution in [0.4, 0.5) is 0 Å². The smallest absolute Gasteiger partial charge is 0.229 e. The van der Waals surface area contributed by atoms with Gasteiger partial charge in [0.25, 0.3) is 0 Å². The van der Waals surface area contributed by atoms with E-state index in [1.165, 1.54) is 12.7 Å². The topological polar surface area (TPSA) is 64.9 Å². The monoisotopic (exact) mass is 167 g/mol. The van der Waals surface area contributed by atoms with E-state index >= 15 is 0 Å². The number of rotatable bonds is 1. The van der Waals surface area contributed by atoms with Crippen LogP contribution in [0.25, 0.3) is 0 Å². The summed E-state index contributed by atoms with van der Waals surface area (Å²) in [6.45, 7) is 0. The molecule has 0 aromatic carbocycles. The first-order valence-corrected chi connectivity index (χ1v) is 4.38. The van der Waals surface area contributed by atoms with Gasteiger partial charge in [-0.3, -0.25) is 0 Å². The molecule has 4 heteroatoms. The molecule has 0 aliphatic heterocycles. The fraction of sp³-hybridized carbons (Fsp3) is 0.750. The molecule has 4 nitrogen and oxygen atoms in total. The van der Waals surface area contributed by atoms with E-state index < -0.39 is 0 Å². The third kappa shape index (κ3) is 1.48. The first-order valence-electron chi connectivity index (χ1n) is 4.38. The average molecular weight is 167 g/mol. The van der Waals surface area contributed by atoms with Crippen molar-refractivity contribution < 1.29 is 4.52 Å². The van der Waals surface area contributed by atoms with Crippen molar-refractivity contribution in [2.45, 2.75) is 37.6 Å². The summed E-state index contributed by atoms with van der Waals surface area (Å²) in [6.07, 6.45) is 5.88. The van der Waals surface area contributed by atoms with Crippen molar-refractivity contribution in [3.63, 3.8) is 0 Å². The van der Waals surface area contributed by atoms with E-state index in [0.29, 0.717) is 12.0 Å². The Kier molecular flexibility index (Phi) is 2.08. The van der Waals surface area contributed by atoms with Gasteiger partial charge < -0.3 is 10.3 Å². The fourth-order valence-electron chi connectivity index (χ4n) is 1.81. The van der Waals surface area contributed by atoms with Gasteiger partial charge in [0.2, 0.25) is 5.89 Å². The Morgan fingerprint density at radius 3 is 3.08 bits per heavy atom. The third-order valence-corrected chi connectivity index (χ3v) is 2.44. The highest BCUT2D eigenvalue weighted by atomic mass is 16.5. The molecule has 66 valence electrons. The lowest BCUT2D eigenvalue weighted by molar-refractivity contribution is 0.298. The lowest BCUT2D eigenvalue weighted by atomic mass is 9.86. The van der Waals surface area contributed by atoms with Crippen molar-refractivity contribution in [3.8, 4) is 0 Å². The minimum atomic E-state index is 0.315. The van der Waals surface area contributed by atoms with Gasteiger partial charge in [0.05, 0.1) is 0 Å². The van der Waals surface area contributed by atoms with Crippen LogP contribution in [0.5, 0.6) is 0 Å². The molecule has 1 heterocycles. The van der Waals surface area contributed by atoms with Crippen molar-refractivity contribution in [2.24, 2.45) is 5.73 Å². The van der Waals surface area contributed by atoms with Crippen LogP contribution in [0.1, 0.15) is 37.5 Å². The minimum Gasteiger partial charge on any atom is -0.339 e. The standard InChI is InChI=1S/C8H13N3O/c9-7-3-1-2-6(4-7)8-10-5-11-12-8/h5-7H,1-4,9H2. The Bertz CT molecular complexity index is 234. The molecule has 0 spiro atoms. The largest absolute Gasteiger partial charge is 0.339 e. The van der Waals surface area contributed by atoms with Crippen LogP contribution in [0, 0.1) is 0 Å². The fourth-order valence-corrected chi connectivity index (χ4v) is 1.81. The molecule has 0 saturated heterocycles. The van der Waals surface area contributed by atoms with Gasteiger partial charge in [-0.25, -0.2) is 0 Å². The summed E-state index contributed by atoms with van der Waals surface area (Å²) in [5, 5.41) is 3.60. The first kappa shape index (κ1) is 7.73. The van der Waals surface area contributed by atoms with E-state index in [4.69, 9.17) is 10.3 Å². The van der Waals surface area contributed by atoms with Gasteiger partial charge in [-0.15, -0.1) is 0 Å². The maximum Gasteiger partial charge on any atom is 0.229 e. The second kappa shape index (κ2) is 3.23. The molecule has 2 atom stereocenters. The molecule has 1 saturated carbocycles. The molecule has 1 aliphatic carbocycles. The van der Waals surface area contributed by atoms with Gasteiger partial charge in [0.1, 0.15) is 0 Å². The quantitative estimate of drug-likeness (QED) is 0.679. The summed E-state index contributed by atoms with van der Waals surface area (Å²) >= 11 is 0. The Labute approximate surface area is 71.1 Å². The molecule has 1 fully saturated rings. The van der Waals surface area contributed by atoms with Crippen LogP contribution in [0.2, 0.25) is 0 Å². The number of hydrogen-bond donors (Lipinski definition) is 1. The van der Waals surface area contributed by atoms with E-state index in [0.717, 1.165) is 25.2 Å². The second-order valence-electron chi connectivity index (χ2n) is 3.40. The Hall–Kier alpha value is -0.900. The van der Waals surface area contributed by atoms with Crippen LogP contribution in [0.15, 0.2) is 10.9 Å². The summed E-state index contributed by atoms with van der Waals surface area (Å²) in [5.41, 5.74) is 5.84. The predicted molar refractivity (Wildman–Crippen MR) is 43.5 cm³/mol. The Balaban J connectivity index is 2.04. The molecule has 2 N–H and O–H groups in total. The molecule has 12 heavy (non-hydrogen) atoms. The van der Waals surface area contributed by atoms with Crippen LogP contribution in [-0.4, -0.2) is 16.2 Å². The molecule has 2 rings (SSSR count). The molecule has 0 amide bonds. The lowest BCUT2D eigenvalue weighted by Gasteiger charge is -2.23. The van der Waals surface area contributed by atoms with Crippen molar-refractivity contribution in [3.05, 3.63) is 12.2 Å². The van der Waals surface area contributed by atoms with E-state index in [2.05, 4.69) is 10.1 Å². The normalized spacial score (nSPS) is 30.4. The van der Waals surface area contributed by atoms with E-state index in [1.807, 2.05) is 0 Å². The van der Waals surface area contributed by atoms with Crippen LogP contribution >= 0.6 is 0 Å². The van der Waals surface area contributed by atoms with Gasteiger partial charge in [0, 0.05) is 12.0 Å². The number of nitrogens with two attached hydrogens (primary N) is 1. The molecule has 1 aliphatic rings. The van der Waals surface area contributed by atoms with Gasteiger partial charge in [-0.2, -0.15) is 4.98 Å². The van der Waals surface area contributed by atoms with E-state index in [9.17, 15) is 0 Å². The summed E-state index contributed by atoms with van der Waals surface area (Å²) in [7, 11) is 0. The Morgan fingerprint density at radius 1 is 1.50 bits per heavy atom. The highest BCUT2D eigenvalue weighted by molar-refractivity contribution is 4.93. The molecular formula is C8H13N3O. The average Bonchev–Trinajstić information content (AvgIpc) is 2.56. The second-order valence-corrected chi connectivity index (χ2v) is 3.40. The van der Waals surface area contributed by atoms with Crippen LogP contribution < -0.4 is 5.73 Å². The highest BCUT2D eigenvalue weighted by Gasteiger charge is 2.24. The van der Waals surface area contributed by atoms with Gasteiger partial charge >= 0.3 is 0 Å². The molecule has 0 radical (unpaired) electrons. The van der Waals surface area contributed by atoms with Gasteiger partial charge in [-0.05, 0) is 19.3 Å². The maximum absolute atomic E-state index is 5.84. The maximum atomic E-state index is 5.84. The first-order chi connectivity index (χ1) is 5.86. The molecular weight excluding hydrogens is 154 g/mol. The summed E-state index contributed by atoms with van der Waals surface area (Å²) < 4.78 is 5.00. The number of aromatic nitrogens is 2. The van der Waals surface area contributed by atoms with Crippen molar-refractivity contribution in [2.75, 3.05) is 0 Å². The zero-order valence-electron chi connectivity index (χ0n) is 6.94. The van der Waals surface area contributed by atoms with E-state index in [1.54, 1.807) is 0 Å². The van der Waals surface area contributed by atoms with Crippen LogP contribution in [0.3, 0.4) is 0 Å². The highest BCUT2D eigenvalue weighted by Crippen LogP contribution is 2.30. The summed E-state index contributed by atoms with van der Waals surface area (Å²) in [5.74, 6) is 1.15. The zero-order valence-corrected chi connectivity index (χ0v) is 6.94. The van der Waals surface area contributed by atoms with Gasteiger partial charge in [-0.1, -0.05) is 11.6 Å². The van der Waals surface area contributed by atoms with Crippen LogP contribution in [-0.2, 0) is 0 Å². The predicted octanol–water partition coefficient (Wildman–Crippen LogP) is 1.05. The summed E-state index contributed by atoms with van der Waals surface area (Å²) in [4.78, 5) is 4.04. The molecule has 0 bridgehead atoms. The van der Waals surface area contributed by atoms with Crippen molar-refractivity contribution in [1.82, 2.24) is 10.1 Å².